The van der Waals surface area contributed by atoms with E-state index in [1.165, 1.54) is 0 Å². The molecule has 0 aromatic carbocycles. The summed E-state index contributed by atoms with van der Waals surface area (Å²) >= 11 is 6.31. The summed E-state index contributed by atoms with van der Waals surface area (Å²) in [6.45, 7) is 0.637. The lowest BCUT2D eigenvalue weighted by atomic mass is 10.1. The summed E-state index contributed by atoms with van der Waals surface area (Å²) in [7, 11) is 0. The van der Waals surface area contributed by atoms with Crippen molar-refractivity contribution < 1.29 is 9.59 Å². The number of carbonyl (C=O) groups is 2. The topological polar surface area (TPSA) is 78.0 Å². The summed E-state index contributed by atoms with van der Waals surface area (Å²) in [6, 6.07) is 3.62. The van der Waals surface area contributed by atoms with E-state index >= 15 is 0 Å². The van der Waals surface area contributed by atoms with E-state index in [4.69, 9.17) is 17.3 Å². The number of ketones is 1. The minimum Gasteiger partial charge on any atom is -0.365 e. The summed E-state index contributed by atoms with van der Waals surface area (Å²) in [4.78, 5) is 27.8. The fraction of sp³-hybridized carbons (Fsp3) is 0.214. The van der Waals surface area contributed by atoms with Gasteiger partial charge < -0.3 is 10.3 Å². The summed E-state index contributed by atoms with van der Waals surface area (Å²) in [5, 5.41) is 0.232. The van der Waals surface area contributed by atoms with Crippen LogP contribution in [0.15, 0.2) is 24.5 Å². The second kappa shape index (κ2) is 4.76. The molecule has 0 spiro atoms. The Morgan fingerprint density at radius 2 is 2.20 bits per heavy atom. The molecule has 0 unspecified atom stereocenters. The molecule has 102 valence electrons. The number of Topliss-reactive ketones (excluding diaryl/α,β-unsaturated/α-hetero) is 1. The number of nitrogens with zero attached hydrogens (tertiary/aromatic N) is 2. The van der Waals surface area contributed by atoms with E-state index in [0.717, 1.165) is 12.0 Å². The first-order valence-electron chi connectivity index (χ1n) is 6.26. The molecule has 1 amide bonds. The molecule has 2 aromatic heterocycles. The van der Waals surface area contributed by atoms with Crippen molar-refractivity contribution in [3.63, 3.8) is 0 Å². The van der Waals surface area contributed by atoms with E-state index in [1.807, 2.05) is 6.07 Å². The second-order valence-corrected chi connectivity index (χ2v) is 5.05. The molecule has 20 heavy (non-hydrogen) atoms. The van der Waals surface area contributed by atoms with Gasteiger partial charge in [0.15, 0.2) is 5.78 Å². The molecule has 2 aromatic rings. The Kier molecular flexibility index (Phi) is 3.06. The Bertz CT molecular complexity index is 707. The summed E-state index contributed by atoms with van der Waals surface area (Å²) < 4.78 is 1.78. The zero-order valence-corrected chi connectivity index (χ0v) is 11.4. The third-order valence-electron chi connectivity index (χ3n) is 3.44. The van der Waals surface area contributed by atoms with Crippen molar-refractivity contribution in [3.8, 4) is 11.3 Å². The molecule has 0 saturated heterocycles. The van der Waals surface area contributed by atoms with Crippen LogP contribution in [0.1, 0.15) is 33.7 Å². The average molecular weight is 290 g/mol. The number of halogens is 1. The zero-order chi connectivity index (χ0) is 14.3. The van der Waals surface area contributed by atoms with Crippen molar-refractivity contribution in [2.45, 2.75) is 19.4 Å². The van der Waals surface area contributed by atoms with Gasteiger partial charge in [-0.2, -0.15) is 0 Å². The number of primary amides is 1. The molecule has 5 nitrogen and oxygen atoms in total. The first-order chi connectivity index (χ1) is 9.61. The van der Waals surface area contributed by atoms with Gasteiger partial charge in [0.1, 0.15) is 0 Å². The molecule has 1 aliphatic rings. The molecule has 0 fully saturated rings. The quantitative estimate of drug-likeness (QED) is 0.921. The first kappa shape index (κ1) is 12.9. The zero-order valence-electron chi connectivity index (χ0n) is 10.6. The molecule has 0 atom stereocenters. The van der Waals surface area contributed by atoms with Crippen LogP contribution in [0, 0.1) is 0 Å². The van der Waals surface area contributed by atoms with Gasteiger partial charge >= 0.3 is 0 Å². The van der Waals surface area contributed by atoms with Crippen LogP contribution in [0.5, 0.6) is 0 Å². The largest absolute Gasteiger partial charge is 0.365 e. The van der Waals surface area contributed by atoms with Crippen LogP contribution < -0.4 is 5.73 Å². The van der Waals surface area contributed by atoms with Crippen LogP contribution in [0.4, 0.5) is 0 Å². The highest BCUT2D eigenvalue weighted by molar-refractivity contribution is 6.37. The molecule has 0 bridgehead atoms. The normalized spacial score (nSPS) is 14.2. The Labute approximate surface area is 120 Å². The maximum absolute atomic E-state index is 12.1. The predicted octanol–water partition coefficient (Wildman–Crippen LogP) is 2.28. The van der Waals surface area contributed by atoms with Gasteiger partial charge in [0, 0.05) is 30.9 Å². The van der Waals surface area contributed by atoms with E-state index in [1.54, 1.807) is 23.0 Å². The number of nitrogens with two attached hydrogens (primary N) is 1. The maximum Gasteiger partial charge on any atom is 0.252 e. The van der Waals surface area contributed by atoms with Gasteiger partial charge in [-0.1, -0.05) is 11.6 Å². The van der Waals surface area contributed by atoms with Crippen LogP contribution in [0.25, 0.3) is 11.3 Å². The fourth-order valence-corrected chi connectivity index (χ4v) is 3.02. The molecular weight excluding hydrogens is 278 g/mol. The van der Waals surface area contributed by atoms with Crippen molar-refractivity contribution >= 4 is 23.3 Å². The summed E-state index contributed by atoms with van der Waals surface area (Å²) in [5.41, 5.74) is 7.24. The lowest BCUT2D eigenvalue weighted by Crippen LogP contribution is -2.22. The van der Waals surface area contributed by atoms with Gasteiger partial charge in [0.05, 0.1) is 22.0 Å². The van der Waals surface area contributed by atoms with Crippen molar-refractivity contribution in [1.29, 1.82) is 0 Å². The minimum absolute atomic E-state index is 0.0953. The van der Waals surface area contributed by atoms with Crippen molar-refractivity contribution in [3.05, 3.63) is 40.8 Å². The van der Waals surface area contributed by atoms with E-state index in [2.05, 4.69) is 4.98 Å². The third kappa shape index (κ3) is 1.82. The number of hydrogen-bond donors (Lipinski definition) is 1. The molecule has 3 rings (SSSR count). The van der Waals surface area contributed by atoms with Gasteiger partial charge in [-0.15, -0.1) is 0 Å². The first-order valence-corrected chi connectivity index (χ1v) is 6.64. The summed E-state index contributed by atoms with van der Waals surface area (Å²) in [6.07, 6.45) is 4.44. The predicted molar refractivity (Wildman–Crippen MR) is 74.8 cm³/mol. The van der Waals surface area contributed by atoms with E-state index < -0.39 is 5.91 Å². The second-order valence-electron chi connectivity index (χ2n) is 4.67. The molecule has 0 aliphatic carbocycles. The fourth-order valence-electron chi connectivity index (χ4n) is 2.63. The van der Waals surface area contributed by atoms with Gasteiger partial charge in [0.25, 0.3) is 5.91 Å². The Morgan fingerprint density at radius 3 is 2.85 bits per heavy atom. The van der Waals surface area contributed by atoms with E-state index in [-0.39, 0.29) is 16.4 Å². The lowest BCUT2D eigenvalue weighted by molar-refractivity contribution is 0.0935. The number of pyridine rings is 1. The van der Waals surface area contributed by atoms with Crippen LogP contribution in [0.2, 0.25) is 5.02 Å². The SMILES string of the molecule is NC(=O)c1c(Cl)c(-c2cccnc2)n2c1C(=O)CCC2. The smallest absolute Gasteiger partial charge is 0.252 e. The highest BCUT2D eigenvalue weighted by atomic mass is 35.5. The number of hydrogen-bond acceptors (Lipinski definition) is 3. The number of fused-ring (bicyclic) bond motifs is 1. The van der Waals surface area contributed by atoms with Crippen LogP contribution in [-0.4, -0.2) is 21.2 Å². The molecule has 1 aliphatic heterocycles. The van der Waals surface area contributed by atoms with Crippen LogP contribution >= 0.6 is 11.6 Å². The van der Waals surface area contributed by atoms with Crippen LogP contribution in [0.3, 0.4) is 0 Å². The molecule has 0 saturated carbocycles. The maximum atomic E-state index is 12.1. The lowest BCUT2D eigenvalue weighted by Gasteiger charge is -2.17. The molecule has 6 heteroatoms. The minimum atomic E-state index is -0.677. The Hall–Kier alpha value is -2.14. The number of amides is 1. The monoisotopic (exact) mass is 289 g/mol. The molecule has 0 radical (unpaired) electrons. The number of carbonyl (C=O) groups excluding carboxylic acids is 2. The van der Waals surface area contributed by atoms with Crippen LogP contribution in [-0.2, 0) is 6.54 Å². The number of aromatic nitrogens is 2. The molecule has 2 N–H and O–H groups in total. The third-order valence-corrected chi connectivity index (χ3v) is 3.80. The highest BCUT2D eigenvalue weighted by Crippen LogP contribution is 2.38. The summed E-state index contributed by atoms with van der Waals surface area (Å²) in [5.74, 6) is -0.772. The van der Waals surface area contributed by atoms with Crippen molar-refractivity contribution in [1.82, 2.24) is 9.55 Å². The highest BCUT2D eigenvalue weighted by Gasteiger charge is 2.31. The average Bonchev–Trinajstić information content (AvgIpc) is 2.73. The van der Waals surface area contributed by atoms with Crippen molar-refractivity contribution in [2.24, 2.45) is 5.73 Å². The van der Waals surface area contributed by atoms with E-state index in [9.17, 15) is 9.59 Å². The molecule has 3 heterocycles. The Balaban J connectivity index is 2.34. The standard InChI is InChI=1S/C14H12ClN3O2/c15-11-10(14(16)20)13-9(19)4-2-6-18(13)12(11)8-3-1-5-17-7-8/h1,3,5,7H,2,4,6H2,(H2,16,20). The van der Waals surface area contributed by atoms with Crippen molar-refractivity contribution in [2.75, 3.05) is 0 Å². The van der Waals surface area contributed by atoms with E-state index in [0.29, 0.717) is 24.4 Å². The van der Waals surface area contributed by atoms with Gasteiger partial charge in [0.2, 0.25) is 0 Å². The van der Waals surface area contributed by atoms with Gasteiger partial charge in [-0.3, -0.25) is 14.6 Å². The molecular formula is C14H12ClN3O2. The van der Waals surface area contributed by atoms with Gasteiger partial charge in [-0.25, -0.2) is 0 Å². The Morgan fingerprint density at radius 1 is 1.40 bits per heavy atom. The van der Waals surface area contributed by atoms with Gasteiger partial charge in [-0.05, 0) is 18.6 Å². The number of rotatable bonds is 2.